The molecule has 3 N–H and O–H groups in total. The van der Waals surface area contributed by atoms with Crippen LogP contribution in [0.2, 0.25) is 0 Å². The maximum atomic E-state index is 12.4. The van der Waals surface area contributed by atoms with Crippen molar-refractivity contribution in [2.45, 2.75) is 289 Å². The Morgan fingerprint density at radius 2 is 0.842 bits per heavy atom. The first kappa shape index (κ1) is 55.6. The van der Waals surface area contributed by atoms with Crippen molar-refractivity contribution >= 4 is 11.9 Å². The Morgan fingerprint density at radius 3 is 1.28 bits per heavy atom. The monoisotopic (exact) mass is 806 g/mol. The Kier molecular flexibility index (Phi) is 46.1. The van der Waals surface area contributed by atoms with Crippen molar-refractivity contribution in [2.75, 3.05) is 13.2 Å². The molecular weight excluding hydrogens is 707 g/mol. The molecule has 1 amide bonds. The molecule has 338 valence electrons. The number of carbonyl (C=O) groups excluding carboxylic acids is 2. The molecule has 0 radical (unpaired) electrons. The summed E-state index contributed by atoms with van der Waals surface area (Å²) in [6.07, 6.45) is 53.3. The molecule has 6 heteroatoms. The molecule has 0 saturated heterocycles. The predicted molar refractivity (Wildman–Crippen MR) is 246 cm³/mol. The fourth-order valence-electron chi connectivity index (χ4n) is 7.88. The van der Waals surface area contributed by atoms with Gasteiger partial charge in [0.25, 0.3) is 0 Å². The Balaban J connectivity index is 3.50. The van der Waals surface area contributed by atoms with Crippen molar-refractivity contribution in [1.29, 1.82) is 0 Å². The SMILES string of the molecule is CCCCCCCCCCCCCCCCCCCCC(=O)OCCCCCC/C=C\CCCC(=O)NC(CO)C(O)CCCCCCCCCCCCCCC. The highest BCUT2D eigenvalue weighted by atomic mass is 16.5. The van der Waals surface area contributed by atoms with Crippen LogP contribution in [0.4, 0.5) is 0 Å². The van der Waals surface area contributed by atoms with Gasteiger partial charge in [-0.25, -0.2) is 0 Å². The predicted octanol–water partition coefficient (Wildman–Crippen LogP) is 15.0. The standard InChI is InChI=1S/C51H99NO5/c1-3-5-7-9-11-13-15-17-18-19-20-21-23-25-29-33-37-41-45-51(56)57-46-42-38-34-30-26-28-32-36-40-44-50(55)52-48(47-53)49(54)43-39-35-31-27-24-22-16-14-12-10-8-6-4-2/h28,32,48-49,53-54H,3-27,29-31,33-47H2,1-2H3,(H,52,55)/b32-28-. The van der Waals surface area contributed by atoms with E-state index < -0.39 is 12.1 Å². The van der Waals surface area contributed by atoms with E-state index in [-0.39, 0.29) is 18.5 Å². The van der Waals surface area contributed by atoms with Gasteiger partial charge in [0.15, 0.2) is 0 Å². The summed E-state index contributed by atoms with van der Waals surface area (Å²) in [4.78, 5) is 24.5. The highest BCUT2D eigenvalue weighted by molar-refractivity contribution is 5.76. The molecule has 0 aromatic heterocycles. The molecule has 0 aromatic carbocycles. The lowest BCUT2D eigenvalue weighted by molar-refractivity contribution is -0.143. The maximum Gasteiger partial charge on any atom is 0.305 e. The Hall–Kier alpha value is -1.40. The van der Waals surface area contributed by atoms with E-state index in [0.29, 0.717) is 25.9 Å². The van der Waals surface area contributed by atoms with Crippen molar-refractivity contribution in [3.8, 4) is 0 Å². The van der Waals surface area contributed by atoms with Gasteiger partial charge in [-0.15, -0.1) is 0 Å². The van der Waals surface area contributed by atoms with Crippen LogP contribution in [0.25, 0.3) is 0 Å². The fourth-order valence-corrected chi connectivity index (χ4v) is 7.88. The lowest BCUT2D eigenvalue weighted by atomic mass is 10.0. The van der Waals surface area contributed by atoms with Gasteiger partial charge in [-0.1, -0.05) is 231 Å². The van der Waals surface area contributed by atoms with Gasteiger partial charge in [-0.05, 0) is 44.9 Å². The summed E-state index contributed by atoms with van der Waals surface area (Å²) in [7, 11) is 0. The first-order valence-corrected chi connectivity index (χ1v) is 25.4. The summed E-state index contributed by atoms with van der Waals surface area (Å²) in [5.41, 5.74) is 0. The third-order valence-electron chi connectivity index (χ3n) is 11.8. The number of nitrogens with one attached hydrogen (secondary N) is 1. The topological polar surface area (TPSA) is 95.9 Å². The number of hydrogen-bond acceptors (Lipinski definition) is 5. The number of ether oxygens (including phenoxy) is 1. The molecule has 6 nitrogen and oxygen atoms in total. The lowest BCUT2D eigenvalue weighted by Gasteiger charge is -2.22. The molecule has 0 spiro atoms. The van der Waals surface area contributed by atoms with Gasteiger partial charge in [-0.3, -0.25) is 9.59 Å². The summed E-state index contributed by atoms with van der Waals surface area (Å²) in [5, 5.41) is 23.1. The van der Waals surface area contributed by atoms with Gasteiger partial charge in [0.05, 0.1) is 25.4 Å². The zero-order valence-electron chi connectivity index (χ0n) is 38.3. The first-order chi connectivity index (χ1) is 28.0. The molecule has 0 rings (SSSR count). The molecule has 2 atom stereocenters. The molecule has 0 aromatic rings. The van der Waals surface area contributed by atoms with Crippen LogP contribution >= 0.6 is 0 Å². The minimum Gasteiger partial charge on any atom is -0.466 e. The van der Waals surface area contributed by atoms with Gasteiger partial charge < -0.3 is 20.3 Å². The van der Waals surface area contributed by atoms with E-state index in [4.69, 9.17) is 4.74 Å². The zero-order valence-corrected chi connectivity index (χ0v) is 38.3. The number of aliphatic hydroxyl groups is 2. The molecule has 0 heterocycles. The van der Waals surface area contributed by atoms with E-state index in [1.165, 1.54) is 173 Å². The minimum atomic E-state index is -0.693. The largest absolute Gasteiger partial charge is 0.466 e. The average molecular weight is 806 g/mol. The van der Waals surface area contributed by atoms with Crippen molar-refractivity contribution in [3.05, 3.63) is 12.2 Å². The van der Waals surface area contributed by atoms with Crippen LogP contribution in [0, 0.1) is 0 Å². The third kappa shape index (κ3) is 44.0. The summed E-state index contributed by atoms with van der Waals surface area (Å²) >= 11 is 0. The summed E-state index contributed by atoms with van der Waals surface area (Å²) in [6.45, 7) is 4.87. The van der Waals surface area contributed by atoms with Crippen LogP contribution in [0.1, 0.15) is 277 Å². The van der Waals surface area contributed by atoms with E-state index in [0.717, 1.165) is 70.6 Å². The van der Waals surface area contributed by atoms with Crippen molar-refractivity contribution in [3.63, 3.8) is 0 Å². The number of aliphatic hydroxyl groups excluding tert-OH is 2. The summed E-state index contributed by atoms with van der Waals surface area (Å²) in [5.74, 6) is -0.126. The molecular formula is C51H99NO5. The van der Waals surface area contributed by atoms with Crippen molar-refractivity contribution in [1.82, 2.24) is 5.32 Å². The normalized spacial score (nSPS) is 12.7. The summed E-state index contributed by atoms with van der Waals surface area (Å²) in [6, 6.07) is -0.577. The fraction of sp³-hybridized carbons (Fsp3) is 0.922. The quantitative estimate of drug-likeness (QED) is 0.0323. The Labute approximate surface area is 355 Å². The Morgan fingerprint density at radius 1 is 0.474 bits per heavy atom. The van der Waals surface area contributed by atoms with E-state index in [1.54, 1.807) is 0 Å². The number of carbonyl (C=O) groups is 2. The second-order valence-electron chi connectivity index (χ2n) is 17.5. The molecule has 0 bridgehead atoms. The maximum absolute atomic E-state index is 12.4. The van der Waals surface area contributed by atoms with E-state index >= 15 is 0 Å². The van der Waals surface area contributed by atoms with Crippen LogP contribution in [0.15, 0.2) is 12.2 Å². The smallest absolute Gasteiger partial charge is 0.305 e. The van der Waals surface area contributed by atoms with Gasteiger partial charge in [0.2, 0.25) is 5.91 Å². The Bertz CT molecular complexity index is 847. The number of allylic oxidation sites excluding steroid dienone is 2. The minimum absolute atomic E-state index is 0.0313. The van der Waals surface area contributed by atoms with Crippen molar-refractivity contribution < 1.29 is 24.5 Å². The third-order valence-corrected chi connectivity index (χ3v) is 11.8. The van der Waals surface area contributed by atoms with Crippen LogP contribution < -0.4 is 5.32 Å². The van der Waals surface area contributed by atoms with Gasteiger partial charge >= 0.3 is 5.97 Å². The first-order valence-electron chi connectivity index (χ1n) is 25.4. The molecule has 57 heavy (non-hydrogen) atoms. The van der Waals surface area contributed by atoms with Crippen LogP contribution in [-0.4, -0.2) is 47.4 Å². The van der Waals surface area contributed by atoms with Gasteiger partial charge in [-0.2, -0.15) is 0 Å². The van der Waals surface area contributed by atoms with E-state index in [9.17, 15) is 19.8 Å². The molecule has 0 aliphatic heterocycles. The zero-order chi connectivity index (χ0) is 41.5. The molecule has 0 aliphatic carbocycles. The molecule has 2 unspecified atom stereocenters. The van der Waals surface area contributed by atoms with Crippen molar-refractivity contribution in [2.24, 2.45) is 0 Å². The van der Waals surface area contributed by atoms with Gasteiger partial charge in [0, 0.05) is 12.8 Å². The van der Waals surface area contributed by atoms with E-state index in [2.05, 4.69) is 31.3 Å². The van der Waals surface area contributed by atoms with Crippen LogP contribution in [0.5, 0.6) is 0 Å². The number of rotatable bonds is 47. The number of esters is 1. The van der Waals surface area contributed by atoms with Crippen LogP contribution in [-0.2, 0) is 14.3 Å². The molecule has 0 fully saturated rings. The highest BCUT2D eigenvalue weighted by Gasteiger charge is 2.20. The summed E-state index contributed by atoms with van der Waals surface area (Å²) < 4.78 is 5.45. The van der Waals surface area contributed by atoms with E-state index in [1.807, 2.05) is 0 Å². The van der Waals surface area contributed by atoms with Crippen LogP contribution in [0.3, 0.4) is 0 Å². The second-order valence-corrected chi connectivity index (χ2v) is 17.5. The molecule has 0 saturated carbocycles. The lowest BCUT2D eigenvalue weighted by Crippen LogP contribution is -2.45. The van der Waals surface area contributed by atoms with Gasteiger partial charge in [0.1, 0.15) is 0 Å². The number of hydrogen-bond donors (Lipinski definition) is 3. The average Bonchev–Trinajstić information content (AvgIpc) is 3.21. The molecule has 0 aliphatic rings. The highest BCUT2D eigenvalue weighted by Crippen LogP contribution is 2.16. The number of unbranched alkanes of at least 4 members (excludes halogenated alkanes) is 34. The number of amides is 1. The second kappa shape index (κ2) is 47.3.